The monoisotopic (exact) mass is 315 g/mol. The Bertz CT molecular complexity index is 554. The van der Waals surface area contributed by atoms with E-state index in [0.29, 0.717) is 19.5 Å². The third kappa shape index (κ3) is 5.71. The Labute approximate surface area is 128 Å². The molecule has 0 aliphatic rings. The van der Waals surface area contributed by atoms with Crippen LogP contribution in [0.5, 0.6) is 5.88 Å². The van der Waals surface area contributed by atoms with Gasteiger partial charge in [-0.3, -0.25) is 4.79 Å². The summed E-state index contributed by atoms with van der Waals surface area (Å²) in [6, 6.07) is 0. The molecule has 0 bridgehead atoms. The molecule has 8 heteroatoms. The van der Waals surface area contributed by atoms with E-state index in [1.165, 1.54) is 4.90 Å². The number of carbonyl (C=O) groups is 1. The van der Waals surface area contributed by atoms with Gasteiger partial charge in [-0.15, -0.1) is 0 Å². The third-order valence-corrected chi connectivity index (χ3v) is 2.61. The highest BCUT2D eigenvalue weighted by Crippen LogP contribution is 2.11. The Balaban J connectivity index is 2.43. The second kappa shape index (κ2) is 7.77. The van der Waals surface area contributed by atoms with Crippen LogP contribution in [0, 0.1) is 5.82 Å². The molecule has 0 aliphatic heterocycles. The first kappa shape index (κ1) is 17.9. The largest absolute Gasteiger partial charge is 0.475 e. The third-order valence-electron chi connectivity index (χ3n) is 2.61. The van der Waals surface area contributed by atoms with Crippen LogP contribution >= 0.6 is 0 Å². The number of aromatic nitrogens is 2. The van der Waals surface area contributed by atoms with Gasteiger partial charge in [0.05, 0.1) is 12.9 Å². The van der Waals surface area contributed by atoms with Gasteiger partial charge in [-0.25, -0.2) is 9.78 Å². The number of rotatable bonds is 6. The first-order chi connectivity index (χ1) is 10.2. The number of nitrogens with zero attached hydrogens (tertiary/aromatic N) is 2. The fourth-order valence-electron chi connectivity index (χ4n) is 1.60. The van der Waals surface area contributed by atoms with E-state index < -0.39 is 23.1 Å². The van der Waals surface area contributed by atoms with E-state index in [0.717, 1.165) is 6.33 Å². The van der Waals surface area contributed by atoms with Gasteiger partial charge in [0.25, 0.3) is 11.4 Å². The minimum atomic E-state index is -1.05. The summed E-state index contributed by atoms with van der Waals surface area (Å²) in [5.41, 5.74) is -1.44. The predicted molar refractivity (Wildman–Crippen MR) is 78.4 cm³/mol. The van der Waals surface area contributed by atoms with Gasteiger partial charge in [0.15, 0.2) is 0 Å². The summed E-state index contributed by atoms with van der Waals surface area (Å²) < 4.78 is 23.7. The minimum absolute atomic E-state index is 0.132. The molecular formula is C14H22FN3O4. The molecule has 0 atom stereocenters. The average Bonchev–Trinajstić information content (AvgIpc) is 2.41. The highest BCUT2D eigenvalue weighted by molar-refractivity contribution is 5.68. The molecule has 124 valence electrons. The Morgan fingerprint density at radius 2 is 2.14 bits per heavy atom. The summed E-state index contributed by atoms with van der Waals surface area (Å²) >= 11 is 0. The van der Waals surface area contributed by atoms with Crippen molar-refractivity contribution in [3.05, 3.63) is 22.5 Å². The van der Waals surface area contributed by atoms with Crippen molar-refractivity contribution < 1.29 is 18.7 Å². The smallest absolute Gasteiger partial charge is 0.410 e. The standard InChI is InChI=1S/C14H22FN3O4/c1-5-18(13(20)22-14(2,3)4)7-6-8-21-12-10(15)11(19)16-9-17-12/h9H,5-8H2,1-4H3,(H,16,17,19). The quantitative estimate of drug-likeness (QED) is 0.811. The first-order valence-corrected chi connectivity index (χ1v) is 7.08. The van der Waals surface area contributed by atoms with Crippen LogP contribution in [0.15, 0.2) is 11.1 Å². The number of aromatic amines is 1. The number of nitrogens with one attached hydrogen (secondary N) is 1. The number of hydrogen-bond acceptors (Lipinski definition) is 5. The van der Waals surface area contributed by atoms with E-state index in [1.807, 2.05) is 6.92 Å². The summed E-state index contributed by atoms with van der Waals surface area (Å²) in [4.78, 5) is 30.2. The number of halogens is 1. The molecule has 0 saturated carbocycles. The van der Waals surface area contributed by atoms with Gasteiger partial charge in [-0.05, 0) is 34.1 Å². The topological polar surface area (TPSA) is 84.5 Å². The van der Waals surface area contributed by atoms with Crippen molar-refractivity contribution >= 4 is 6.09 Å². The lowest BCUT2D eigenvalue weighted by molar-refractivity contribution is 0.0252. The van der Waals surface area contributed by atoms with Crippen LogP contribution in [0.2, 0.25) is 0 Å². The van der Waals surface area contributed by atoms with Gasteiger partial charge in [-0.2, -0.15) is 4.39 Å². The molecule has 1 amide bonds. The molecule has 1 heterocycles. The Kier molecular flexibility index (Phi) is 6.33. The van der Waals surface area contributed by atoms with E-state index in [-0.39, 0.29) is 12.5 Å². The molecule has 0 aliphatic carbocycles. The van der Waals surface area contributed by atoms with Crippen molar-refractivity contribution in [2.45, 2.75) is 39.7 Å². The zero-order valence-corrected chi connectivity index (χ0v) is 13.3. The predicted octanol–water partition coefficient (Wildman–Crippen LogP) is 1.93. The lowest BCUT2D eigenvalue weighted by Crippen LogP contribution is -2.37. The van der Waals surface area contributed by atoms with Crippen molar-refractivity contribution in [1.29, 1.82) is 0 Å². The van der Waals surface area contributed by atoms with Crippen LogP contribution < -0.4 is 10.3 Å². The summed E-state index contributed by atoms with van der Waals surface area (Å²) in [6.07, 6.45) is 1.12. The Morgan fingerprint density at radius 3 is 2.73 bits per heavy atom. The molecule has 1 rings (SSSR count). The fraction of sp³-hybridized carbons (Fsp3) is 0.643. The molecule has 1 aromatic heterocycles. The SMILES string of the molecule is CCN(CCCOc1nc[nH]c(=O)c1F)C(=O)OC(C)(C)C. The van der Waals surface area contributed by atoms with Crippen LogP contribution in [-0.2, 0) is 4.74 Å². The van der Waals surface area contributed by atoms with Crippen molar-refractivity contribution in [1.82, 2.24) is 14.9 Å². The minimum Gasteiger partial charge on any atom is -0.475 e. The number of hydrogen-bond donors (Lipinski definition) is 1. The zero-order valence-electron chi connectivity index (χ0n) is 13.3. The maximum atomic E-state index is 13.4. The number of amides is 1. The normalized spacial score (nSPS) is 11.1. The number of carbonyl (C=O) groups excluding carboxylic acids is 1. The van der Waals surface area contributed by atoms with Crippen molar-refractivity contribution in [3.63, 3.8) is 0 Å². The molecule has 7 nitrogen and oxygen atoms in total. The molecule has 1 N–H and O–H groups in total. The number of ether oxygens (including phenoxy) is 2. The lowest BCUT2D eigenvalue weighted by Gasteiger charge is -2.26. The molecule has 1 aromatic rings. The maximum Gasteiger partial charge on any atom is 0.410 e. The van der Waals surface area contributed by atoms with Crippen molar-refractivity contribution in [2.24, 2.45) is 0 Å². The van der Waals surface area contributed by atoms with Gasteiger partial charge < -0.3 is 19.4 Å². The van der Waals surface area contributed by atoms with Crippen LogP contribution in [0.1, 0.15) is 34.1 Å². The van der Waals surface area contributed by atoms with Crippen LogP contribution in [0.25, 0.3) is 0 Å². The van der Waals surface area contributed by atoms with E-state index >= 15 is 0 Å². The summed E-state index contributed by atoms with van der Waals surface area (Å²) in [5.74, 6) is -1.40. The highest BCUT2D eigenvalue weighted by atomic mass is 19.1. The Morgan fingerprint density at radius 1 is 1.45 bits per heavy atom. The zero-order chi connectivity index (χ0) is 16.8. The van der Waals surface area contributed by atoms with Gasteiger partial charge in [0.1, 0.15) is 5.60 Å². The van der Waals surface area contributed by atoms with E-state index in [2.05, 4.69) is 9.97 Å². The summed E-state index contributed by atoms with van der Waals surface area (Å²) in [5, 5.41) is 0. The Hall–Kier alpha value is -2.12. The first-order valence-electron chi connectivity index (χ1n) is 7.08. The van der Waals surface area contributed by atoms with Gasteiger partial charge >= 0.3 is 6.09 Å². The summed E-state index contributed by atoms with van der Waals surface area (Å²) in [7, 11) is 0. The molecule has 0 spiro atoms. The number of H-pyrrole nitrogens is 1. The van der Waals surface area contributed by atoms with Gasteiger partial charge in [0.2, 0.25) is 5.82 Å². The molecule has 0 radical (unpaired) electrons. The molecule has 0 aromatic carbocycles. The molecule has 0 fully saturated rings. The van der Waals surface area contributed by atoms with Crippen molar-refractivity contribution in [3.8, 4) is 5.88 Å². The fourth-order valence-corrected chi connectivity index (χ4v) is 1.60. The van der Waals surface area contributed by atoms with Crippen LogP contribution in [0.3, 0.4) is 0 Å². The van der Waals surface area contributed by atoms with Gasteiger partial charge in [-0.1, -0.05) is 0 Å². The molecule has 0 saturated heterocycles. The van der Waals surface area contributed by atoms with Crippen LogP contribution in [-0.4, -0.2) is 46.3 Å². The molecule has 22 heavy (non-hydrogen) atoms. The molecular weight excluding hydrogens is 293 g/mol. The highest BCUT2D eigenvalue weighted by Gasteiger charge is 2.20. The van der Waals surface area contributed by atoms with E-state index in [9.17, 15) is 14.0 Å². The average molecular weight is 315 g/mol. The summed E-state index contributed by atoms with van der Waals surface area (Å²) in [6.45, 7) is 8.24. The van der Waals surface area contributed by atoms with Crippen LogP contribution in [0.4, 0.5) is 9.18 Å². The maximum absolute atomic E-state index is 13.4. The van der Waals surface area contributed by atoms with Gasteiger partial charge in [0, 0.05) is 13.1 Å². The second-order valence-corrected chi connectivity index (χ2v) is 5.61. The van der Waals surface area contributed by atoms with E-state index in [4.69, 9.17) is 9.47 Å². The molecule has 0 unspecified atom stereocenters. The lowest BCUT2D eigenvalue weighted by atomic mass is 10.2. The van der Waals surface area contributed by atoms with Crippen molar-refractivity contribution in [2.75, 3.05) is 19.7 Å². The second-order valence-electron chi connectivity index (χ2n) is 5.61. The van der Waals surface area contributed by atoms with E-state index in [1.54, 1.807) is 20.8 Å².